The molecule has 128 valence electrons. The molecule has 3 rings (SSSR count). The van der Waals surface area contributed by atoms with Gasteiger partial charge in [-0.05, 0) is 31.1 Å². The SMILES string of the molecule is CCOc1ccccc1C=C1SC(=S)N(CCc2ccccc2)C1=O. The maximum atomic E-state index is 12.7. The number of nitrogens with zero attached hydrogens (tertiary/aromatic N) is 1. The molecule has 0 unspecified atom stereocenters. The van der Waals surface area contributed by atoms with Crippen molar-refractivity contribution >= 4 is 40.3 Å². The highest BCUT2D eigenvalue weighted by molar-refractivity contribution is 8.26. The quantitative estimate of drug-likeness (QED) is 0.553. The number of hydrogen-bond acceptors (Lipinski definition) is 4. The second kappa shape index (κ2) is 8.32. The number of hydrogen-bond donors (Lipinski definition) is 0. The van der Waals surface area contributed by atoms with E-state index in [0.29, 0.717) is 22.4 Å². The largest absolute Gasteiger partial charge is 0.493 e. The molecular weight excluding hydrogens is 350 g/mol. The van der Waals surface area contributed by atoms with E-state index < -0.39 is 0 Å². The van der Waals surface area contributed by atoms with Crippen molar-refractivity contribution in [2.24, 2.45) is 0 Å². The van der Waals surface area contributed by atoms with Crippen LogP contribution in [-0.4, -0.2) is 28.3 Å². The Bertz CT molecular complexity index is 802. The van der Waals surface area contributed by atoms with Crippen molar-refractivity contribution in [3.63, 3.8) is 0 Å². The highest BCUT2D eigenvalue weighted by atomic mass is 32.2. The summed E-state index contributed by atoms with van der Waals surface area (Å²) in [7, 11) is 0. The normalized spacial score (nSPS) is 15.9. The van der Waals surface area contributed by atoms with Crippen molar-refractivity contribution in [2.75, 3.05) is 13.2 Å². The molecule has 0 N–H and O–H groups in total. The summed E-state index contributed by atoms with van der Waals surface area (Å²) in [4.78, 5) is 15.0. The molecule has 1 aliphatic rings. The Morgan fingerprint density at radius 3 is 2.60 bits per heavy atom. The average Bonchev–Trinajstić information content (AvgIpc) is 2.89. The Hall–Kier alpha value is -2.11. The predicted octanol–water partition coefficient (Wildman–Crippen LogP) is 4.53. The monoisotopic (exact) mass is 369 g/mol. The lowest BCUT2D eigenvalue weighted by Crippen LogP contribution is -2.30. The minimum Gasteiger partial charge on any atom is -0.493 e. The van der Waals surface area contributed by atoms with Crippen LogP contribution in [0.5, 0.6) is 5.75 Å². The van der Waals surface area contributed by atoms with Crippen molar-refractivity contribution in [1.29, 1.82) is 0 Å². The Morgan fingerprint density at radius 2 is 1.84 bits per heavy atom. The summed E-state index contributed by atoms with van der Waals surface area (Å²) >= 11 is 6.76. The van der Waals surface area contributed by atoms with E-state index in [1.165, 1.54) is 17.3 Å². The zero-order valence-electron chi connectivity index (χ0n) is 14.0. The summed E-state index contributed by atoms with van der Waals surface area (Å²) in [6.45, 7) is 3.13. The van der Waals surface area contributed by atoms with E-state index >= 15 is 0 Å². The van der Waals surface area contributed by atoms with Crippen molar-refractivity contribution in [2.45, 2.75) is 13.3 Å². The number of thiocarbonyl (C=S) groups is 1. The molecule has 0 atom stereocenters. The van der Waals surface area contributed by atoms with Crippen LogP contribution in [0.25, 0.3) is 6.08 Å². The van der Waals surface area contributed by atoms with Crippen molar-refractivity contribution in [1.82, 2.24) is 4.90 Å². The summed E-state index contributed by atoms with van der Waals surface area (Å²) in [5.41, 5.74) is 2.09. The second-order valence-corrected chi connectivity index (χ2v) is 7.22. The fourth-order valence-corrected chi connectivity index (χ4v) is 3.91. The lowest BCUT2D eigenvalue weighted by Gasteiger charge is -2.14. The van der Waals surface area contributed by atoms with Gasteiger partial charge in [-0.3, -0.25) is 9.69 Å². The van der Waals surface area contributed by atoms with E-state index in [1.54, 1.807) is 4.90 Å². The van der Waals surface area contributed by atoms with Gasteiger partial charge in [-0.25, -0.2) is 0 Å². The van der Waals surface area contributed by atoms with Gasteiger partial charge in [0.15, 0.2) is 0 Å². The molecule has 0 radical (unpaired) electrons. The third kappa shape index (κ3) is 4.30. The Balaban J connectivity index is 1.75. The smallest absolute Gasteiger partial charge is 0.266 e. The second-order valence-electron chi connectivity index (χ2n) is 5.54. The van der Waals surface area contributed by atoms with Gasteiger partial charge in [0.2, 0.25) is 0 Å². The van der Waals surface area contributed by atoms with Crippen LogP contribution >= 0.6 is 24.0 Å². The molecule has 1 heterocycles. The van der Waals surface area contributed by atoms with Gasteiger partial charge in [-0.1, -0.05) is 72.5 Å². The van der Waals surface area contributed by atoms with Gasteiger partial charge in [0.1, 0.15) is 10.1 Å². The minimum absolute atomic E-state index is 0.0303. The van der Waals surface area contributed by atoms with Crippen LogP contribution in [-0.2, 0) is 11.2 Å². The molecule has 1 saturated heterocycles. The lowest BCUT2D eigenvalue weighted by molar-refractivity contribution is -0.122. The molecule has 5 heteroatoms. The first-order chi connectivity index (χ1) is 12.2. The summed E-state index contributed by atoms with van der Waals surface area (Å²) in [6, 6.07) is 17.8. The zero-order chi connectivity index (χ0) is 17.6. The molecule has 0 aromatic heterocycles. The van der Waals surface area contributed by atoms with Gasteiger partial charge in [0.25, 0.3) is 5.91 Å². The van der Waals surface area contributed by atoms with E-state index in [9.17, 15) is 4.79 Å². The average molecular weight is 370 g/mol. The lowest BCUT2D eigenvalue weighted by atomic mass is 10.1. The highest BCUT2D eigenvalue weighted by Crippen LogP contribution is 2.34. The summed E-state index contributed by atoms with van der Waals surface area (Å²) in [5.74, 6) is 0.747. The van der Waals surface area contributed by atoms with E-state index in [2.05, 4.69) is 12.1 Å². The molecule has 0 saturated carbocycles. The first-order valence-corrected chi connectivity index (χ1v) is 9.42. The molecule has 0 bridgehead atoms. The topological polar surface area (TPSA) is 29.5 Å². The molecule has 0 aliphatic carbocycles. The number of carbonyl (C=O) groups excluding carboxylic acids is 1. The fourth-order valence-electron chi connectivity index (χ4n) is 2.61. The van der Waals surface area contributed by atoms with Crippen LogP contribution in [0.4, 0.5) is 0 Å². The van der Waals surface area contributed by atoms with Crippen LogP contribution in [0.3, 0.4) is 0 Å². The predicted molar refractivity (Wildman–Crippen MR) is 108 cm³/mol. The number of rotatable bonds is 6. The zero-order valence-corrected chi connectivity index (χ0v) is 15.6. The first kappa shape index (κ1) is 17.7. The number of benzene rings is 2. The Labute approximate surface area is 157 Å². The van der Waals surface area contributed by atoms with Crippen molar-refractivity contribution in [3.05, 3.63) is 70.6 Å². The van der Waals surface area contributed by atoms with Gasteiger partial charge in [-0.2, -0.15) is 0 Å². The highest BCUT2D eigenvalue weighted by Gasteiger charge is 2.31. The standard InChI is InChI=1S/C20H19NO2S2/c1-2-23-17-11-7-6-10-16(17)14-18-19(22)21(20(24)25-18)13-12-15-8-4-3-5-9-15/h3-11,14H,2,12-13H2,1H3. The molecular formula is C20H19NO2S2. The Morgan fingerprint density at radius 1 is 1.12 bits per heavy atom. The number of amides is 1. The molecule has 0 spiro atoms. The molecule has 25 heavy (non-hydrogen) atoms. The van der Waals surface area contributed by atoms with Crippen LogP contribution in [0, 0.1) is 0 Å². The van der Waals surface area contributed by atoms with Gasteiger partial charge >= 0.3 is 0 Å². The van der Waals surface area contributed by atoms with Crippen LogP contribution in [0.15, 0.2) is 59.5 Å². The van der Waals surface area contributed by atoms with E-state index in [0.717, 1.165) is 17.7 Å². The molecule has 2 aromatic carbocycles. The van der Waals surface area contributed by atoms with Crippen molar-refractivity contribution < 1.29 is 9.53 Å². The van der Waals surface area contributed by atoms with Crippen LogP contribution < -0.4 is 4.74 Å². The van der Waals surface area contributed by atoms with E-state index in [-0.39, 0.29) is 5.91 Å². The summed E-state index contributed by atoms with van der Waals surface area (Å²) in [5, 5.41) is 0. The number of thioether (sulfide) groups is 1. The number of carbonyl (C=O) groups is 1. The Kier molecular flexibility index (Phi) is 5.89. The fraction of sp³-hybridized carbons (Fsp3) is 0.200. The molecule has 1 fully saturated rings. The summed E-state index contributed by atoms with van der Waals surface area (Å²) < 4.78 is 6.24. The van der Waals surface area contributed by atoms with Crippen LogP contribution in [0.1, 0.15) is 18.1 Å². The maximum absolute atomic E-state index is 12.7. The molecule has 3 nitrogen and oxygen atoms in total. The van der Waals surface area contributed by atoms with Gasteiger partial charge in [-0.15, -0.1) is 0 Å². The van der Waals surface area contributed by atoms with E-state index in [1.807, 2.05) is 55.5 Å². The molecule has 2 aromatic rings. The van der Waals surface area contributed by atoms with E-state index in [4.69, 9.17) is 17.0 Å². The van der Waals surface area contributed by atoms with Gasteiger partial charge in [0.05, 0.1) is 11.5 Å². The molecule has 1 aliphatic heterocycles. The third-order valence-corrected chi connectivity index (χ3v) is 5.22. The third-order valence-electron chi connectivity index (χ3n) is 3.85. The summed E-state index contributed by atoms with van der Waals surface area (Å²) in [6.07, 6.45) is 2.66. The number of para-hydroxylation sites is 1. The van der Waals surface area contributed by atoms with Crippen molar-refractivity contribution in [3.8, 4) is 5.75 Å². The number of ether oxygens (including phenoxy) is 1. The van der Waals surface area contributed by atoms with Crippen LogP contribution in [0.2, 0.25) is 0 Å². The van der Waals surface area contributed by atoms with Gasteiger partial charge in [0, 0.05) is 12.1 Å². The minimum atomic E-state index is -0.0303. The molecule has 1 amide bonds. The first-order valence-electron chi connectivity index (χ1n) is 8.20. The maximum Gasteiger partial charge on any atom is 0.266 e. The van der Waals surface area contributed by atoms with Gasteiger partial charge < -0.3 is 4.74 Å².